The molecular weight excluding hydrogens is 480 g/mol. The first-order valence-electron chi connectivity index (χ1n) is 9.89. The van der Waals surface area contributed by atoms with E-state index in [9.17, 15) is 14.4 Å². The highest BCUT2D eigenvalue weighted by atomic mass is 35.5. The van der Waals surface area contributed by atoms with Crippen LogP contribution in [-0.2, 0) is 4.79 Å². The molecule has 8 nitrogen and oxygen atoms in total. The number of hydrogen-bond acceptors (Lipinski definition) is 6. The number of anilines is 2. The molecule has 0 bridgehead atoms. The van der Waals surface area contributed by atoms with Crippen LogP contribution in [0.3, 0.4) is 0 Å². The van der Waals surface area contributed by atoms with Gasteiger partial charge in [-0.1, -0.05) is 11.6 Å². The molecule has 0 aliphatic rings. The van der Waals surface area contributed by atoms with Crippen LogP contribution >= 0.6 is 23.4 Å². The second-order valence-corrected chi connectivity index (χ2v) is 8.34. The molecule has 3 aromatic rings. The SMILES string of the molecule is COc1ccc(C(=O)Nc2ccc(SCC(=O)Nc3ccc(Cl)c(C(=O)O)c3)cc2)cc1OC. The van der Waals surface area contributed by atoms with Crippen LogP contribution in [0.15, 0.2) is 65.6 Å². The number of carbonyl (C=O) groups is 3. The standard InChI is InChI=1S/C24H21ClN2O6S/c1-32-20-10-3-14(11-21(20)33-2)23(29)27-15-4-7-17(8-5-15)34-13-22(28)26-16-6-9-19(25)18(12-16)24(30)31/h3-12H,13H2,1-2H3,(H,26,28)(H,27,29)(H,30,31). The smallest absolute Gasteiger partial charge is 0.337 e. The average molecular weight is 501 g/mol. The monoisotopic (exact) mass is 500 g/mol. The van der Waals surface area contributed by atoms with Gasteiger partial charge in [0, 0.05) is 21.8 Å². The van der Waals surface area contributed by atoms with Crippen molar-refractivity contribution in [1.82, 2.24) is 0 Å². The number of hydrogen-bond donors (Lipinski definition) is 3. The Morgan fingerprint density at radius 3 is 2.21 bits per heavy atom. The summed E-state index contributed by atoms with van der Waals surface area (Å²) in [4.78, 5) is 36.7. The van der Waals surface area contributed by atoms with E-state index in [-0.39, 0.29) is 28.2 Å². The molecule has 0 aliphatic carbocycles. The topological polar surface area (TPSA) is 114 Å². The van der Waals surface area contributed by atoms with Crippen LogP contribution in [0.1, 0.15) is 20.7 Å². The van der Waals surface area contributed by atoms with Crippen molar-refractivity contribution in [2.24, 2.45) is 0 Å². The summed E-state index contributed by atoms with van der Waals surface area (Å²) in [6.45, 7) is 0. The van der Waals surface area contributed by atoms with Gasteiger partial charge in [0.2, 0.25) is 5.91 Å². The zero-order chi connectivity index (χ0) is 24.7. The van der Waals surface area contributed by atoms with Gasteiger partial charge in [-0.2, -0.15) is 0 Å². The van der Waals surface area contributed by atoms with E-state index in [4.69, 9.17) is 26.2 Å². The Morgan fingerprint density at radius 1 is 0.882 bits per heavy atom. The van der Waals surface area contributed by atoms with Gasteiger partial charge in [0.05, 0.1) is 30.6 Å². The summed E-state index contributed by atoms with van der Waals surface area (Å²) in [5.74, 6) is -0.670. The third-order valence-corrected chi connectivity index (χ3v) is 5.95. The van der Waals surface area contributed by atoms with Crippen LogP contribution < -0.4 is 20.1 Å². The third-order valence-electron chi connectivity index (χ3n) is 4.61. The first kappa shape index (κ1) is 24.9. The zero-order valence-corrected chi connectivity index (χ0v) is 19.8. The van der Waals surface area contributed by atoms with Gasteiger partial charge in [-0.05, 0) is 60.7 Å². The summed E-state index contributed by atoms with van der Waals surface area (Å²) in [7, 11) is 3.02. The summed E-state index contributed by atoms with van der Waals surface area (Å²) in [6, 6.07) is 16.2. The quantitative estimate of drug-likeness (QED) is 0.353. The maximum atomic E-state index is 12.5. The predicted octanol–water partition coefficient (Wildman–Crippen LogP) is 5.04. The second kappa shape index (κ2) is 11.4. The van der Waals surface area contributed by atoms with Gasteiger partial charge < -0.3 is 25.2 Å². The molecule has 0 radical (unpaired) electrons. The number of thioether (sulfide) groups is 1. The van der Waals surface area contributed by atoms with E-state index >= 15 is 0 Å². The molecule has 176 valence electrons. The average Bonchev–Trinajstić information content (AvgIpc) is 2.84. The van der Waals surface area contributed by atoms with E-state index in [2.05, 4.69) is 10.6 Å². The molecule has 0 saturated carbocycles. The van der Waals surface area contributed by atoms with Crippen LogP contribution in [-0.4, -0.2) is 42.9 Å². The molecule has 3 N–H and O–H groups in total. The van der Waals surface area contributed by atoms with Gasteiger partial charge in [0.1, 0.15) is 0 Å². The molecule has 0 aliphatic heterocycles. The number of nitrogens with one attached hydrogen (secondary N) is 2. The van der Waals surface area contributed by atoms with Crippen molar-refractivity contribution >= 4 is 52.5 Å². The van der Waals surface area contributed by atoms with Crippen LogP contribution in [0, 0.1) is 0 Å². The third kappa shape index (κ3) is 6.43. The molecule has 0 atom stereocenters. The van der Waals surface area contributed by atoms with Crippen LogP contribution in [0.2, 0.25) is 5.02 Å². The fourth-order valence-electron chi connectivity index (χ4n) is 2.93. The fourth-order valence-corrected chi connectivity index (χ4v) is 3.82. The minimum atomic E-state index is -1.17. The van der Waals surface area contributed by atoms with Crippen LogP contribution in [0.25, 0.3) is 0 Å². The molecule has 2 amide bonds. The van der Waals surface area contributed by atoms with Crippen molar-refractivity contribution in [2.75, 3.05) is 30.6 Å². The second-order valence-electron chi connectivity index (χ2n) is 6.88. The van der Waals surface area contributed by atoms with Crippen molar-refractivity contribution in [3.05, 3.63) is 76.8 Å². The number of benzene rings is 3. The summed E-state index contributed by atoms with van der Waals surface area (Å²) in [5, 5.41) is 14.7. The lowest BCUT2D eigenvalue weighted by Gasteiger charge is -2.10. The van der Waals surface area contributed by atoms with Crippen molar-refractivity contribution < 1.29 is 29.0 Å². The Balaban J connectivity index is 1.55. The summed E-state index contributed by atoms with van der Waals surface area (Å²) < 4.78 is 10.4. The van der Waals surface area contributed by atoms with E-state index < -0.39 is 5.97 Å². The number of carbonyl (C=O) groups excluding carboxylic acids is 2. The van der Waals surface area contributed by atoms with Gasteiger partial charge in [-0.15, -0.1) is 11.8 Å². The van der Waals surface area contributed by atoms with Crippen molar-refractivity contribution in [2.45, 2.75) is 4.90 Å². The number of aromatic carboxylic acids is 1. The van der Waals surface area contributed by atoms with Gasteiger partial charge >= 0.3 is 5.97 Å². The zero-order valence-electron chi connectivity index (χ0n) is 18.3. The van der Waals surface area contributed by atoms with E-state index in [1.165, 1.54) is 44.2 Å². The van der Waals surface area contributed by atoms with E-state index in [0.29, 0.717) is 28.4 Å². The van der Waals surface area contributed by atoms with Gasteiger partial charge in [0.15, 0.2) is 11.5 Å². The first-order chi connectivity index (χ1) is 16.3. The highest BCUT2D eigenvalue weighted by Crippen LogP contribution is 2.28. The van der Waals surface area contributed by atoms with Gasteiger partial charge in [0.25, 0.3) is 5.91 Å². The van der Waals surface area contributed by atoms with Crippen LogP contribution in [0.4, 0.5) is 11.4 Å². The molecular formula is C24H21ClN2O6S. The van der Waals surface area contributed by atoms with E-state index in [1.54, 1.807) is 42.5 Å². The minimum absolute atomic E-state index is 0.0853. The number of halogens is 1. The number of rotatable bonds is 9. The van der Waals surface area contributed by atoms with E-state index in [1.807, 2.05) is 0 Å². The Kier molecular flexibility index (Phi) is 8.39. The first-order valence-corrected chi connectivity index (χ1v) is 11.3. The molecule has 3 rings (SSSR count). The lowest BCUT2D eigenvalue weighted by atomic mass is 10.2. The molecule has 0 aromatic heterocycles. The Bertz CT molecular complexity index is 1220. The minimum Gasteiger partial charge on any atom is -0.493 e. The molecule has 0 unspecified atom stereocenters. The normalized spacial score (nSPS) is 10.3. The van der Waals surface area contributed by atoms with Crippen LogP contribution in [0.5, 0.6) is 11.5 Å². The van der Waals surface area contributed by atoms with E-state index in [0.717, 1.165) is 4.90 Å². The van der Waals surface area contributed by atoms with Crippen molar-refractivity contribution in [1.29, 1.82) is 0 Å². The summed E-state index contributed by atoms with van der Waals surface area (Å²) >= 11 is 7.14. The maximum absolute atomic E-state index is 12.5. The number of carboxylic acids is 1. The fraction of sp³-hybridized carbons (Fsp3) is 0.125. The summed E-state index contributed by atoms with van der Waals surface area (Å²) in [6.07, 6.45) is 0. The molecule has 0 spiro atoms. The number of methoxy groups -OCH3 is 2. The Labute approximate surface area is 205 Å². The highest BCUT2D eigenvalue weighted by Gasteiger charge is 2.13. The van der Waals surface area contributed by atoms with Crippen molar-refractivity contribution in [3.8, 4) is 11.5 Å². The molecule has 34 heavy (non-hydrogen) atoms. The summed E-state index contributed by atoms with van der Waals surface area (Å²) in [5.41, 5.74) is 1.27. The van der Waals surface area contributed by atoms with Gasteiger partial charge in [-0.3, -0.25) is 9.59 Å². The molecule has 10 heteroatoms. The molecule has 0 heterocycles. The lowest BCUT2D eigenvalue weighted by Crippen LogP contribution is -2.14. The molecule has 0 fully saturated rings. The Hall–Kier alpha value is -3.69. The number of carboxylic acid groups (broad SMARTS) is 1. The Morgan fingerprint density at radius 2 is 1.56 bits per heavy atom. The molecule has 3 aromatic carbocycles. The van der Waals surface area contributed by atoms with Gasteiger partial charge in [-0.25, -0.2) is 4.79 Å². The predicted molar refractivity (Wildman–Crippen MR) is 132 cm³/mol. The largest absolute Gasteiger partial charge is 0.493 e. The highest BCUT2D eigenvalue weighted by molar-refractivity contribution is 8.00. The molecule has 0 saturated heterocycles. The maximum Gasteiger partial charge on any atom is 0.337 e. The van der Waals surface area contributed by atoms with Crippen molar-refractivity contribution in [3.63, 3.8) is 0 Å². The number of ether oxygens (including phenoxy) is 2. The lowest BCUT2D eigenvalue weighted by molar-refractivity contribution is -0.113. The number of amides is 2.